The number of carbonyl (C=O) groups excluding carboxylic acids is 1. The first kappa shape index (κ1) is 20.2. The fraction of sp³-hybridized carbons (Fsp3) is 0.182. The molecule has 2 aromatic carbocycles. The molecule has 0 N–H and O–H groups in total. The van der Waals surface area contributed by atoms with Gasteiger partial charge in [0, 0.05) is 28.9 Å². The molecule has 1 heterocycles. The number of halogens is 2. The van der Waals surface area contributed by atoms with Crippen LogP contribution in [-0.4, -0.2) is 23.4 Å². The topological polar surface area (TPSA) is 43.6 Å². The van der Waals surface area contributed by atoms with Gasteiger partial charge in [-0.3, -0.25) is 4.99 Å². The van der Waals surface area contributed by atoms with Gasteiger partial charge in [-0.25, -0.2) is 4.79 Å². The molecule has 28 heavy (non-hydrogen) atoms. The van der Waals surface area contributed by atoms with Crippen LogP contribution in [0.3, 0.4) is 0 Å². The van der Waals surface area contributed by atoms with Crippen molar-refractivity contribution in [1.82, 2.24) is 4.57 Å². The van der Waals surface area contributed by atoms with Gasteiger partial charge >= 0.3 is 5.97 Å². The number of nitrogens with zero attached hydrogens (tertiary/aromatic N) is 2. The highest BCUT2D eigenvalue weighted by atomic mass is 35.5. The maximum Gasteiger partial charge on any atom is 0.338 e. The van der Waals surface area contributed by atoms with E-state index in [1.165, 1.54) is 0 Å². The van der Waals surface area contributed by atoms with Gasteiger partial charge in [0.25, 0.3) is 0 Å². The predicted octanol–water partition coefficient (Wildman–Crippen LogP) is 6.33. The molecule has 1 aromatic heterocycles. The molecule has 144 valence electrons. The van der Waals surface area contributed by atoms with E-state index in [0.717, 1.165) is 22.6 Å². The van der Waals surface area contributed by atoms with Crippen molar-refractivity contribution in [2.24, 2.45) is 4.99 Å². The van der Waals surface area contributed by atoms with E-state index in [1.807, 2.05) is 50.2 Å². The van der Waals surface area contributed by atoms with Crippen molar-refractivity contribution in [2.75, 3.05) is 6.61 Å². The molecular weight excluding hydrogens is 395 g/mol. The van der Waals surface area contributed by atoms with E-state index in [1.54, 1.807) is 25.3 Å². The summed E-state index contributed by atoms with van der Waals surface area (Å²) >= 11 is 12.3. The highest BCUT2D eigenvalue weighted by Gasteiger charge is 2.13. The second-order valence-electron chi connectivity index (χ2n) is 6.26. The molecule has 0 fully saturated rings. The molecule has 6 heteroatoms. The van der Waals surface area contributed by atoms with Crippen molar-refractivity contribution in [3.63, 3.8) is 0 Å². The highest BCUT2D eigenvalue weighted by molar-refractivity contribution is 6.43. The molecule has 0 aliphatic heterocycles. The lowest BCUT2D eigenvalue weighted by Gasteiger charge is -2.11. The Balaban J connectivity index is 1.97. The Morgan fingerprint density at radius 2 is 1.89 bits per heavy atom. The number of esters is 1. The number of rotatable bonds is 5. The fourth-order valence-electron chi connectivity index (χ4n) is 3.03. The fourth-order valence-corrected chi connectivity index (χ4v) is 3.38. The summed E-state index contributed by atoms with van der Waals surface area (Å²) in [7, 11) is 0. The summed E-state index contributed by atoms with van der Waals surface area (Å²) in [6.45, 7) is 6.15. The molecule has 4 nitrogen and oxygen atoms in total. The molecule has 0 amide bonds. The number of hydrogen-bond acceptors (Lipinski definition) is 3. The SMILES string of the molecule is CCOC(=O)c1cccc(-n2c(C)cc(C=Nc3cccc(Cl)c3Cl)c2C)c1. The quantitative estimate of drug-likeness (QED) is 0.361. The summed E-state index contributed by atoms with van der Waals surface area (Å²) in [5.41, 5.74) is 5.00. The van der Waals surface area contributed by atoms with E-state index < -0.39 is 0 Å². The molecule has 0 atom stereocenters. The zero-order valence-corrected chi connectivity index (χ0v) is 17.4. The summed E-state index contributed by atoms with van der Waals surface area (Å²) < 4.78 is 7.17. The van der Waals surface area contributed by atoms with Crippen LogP contribution in [0.25, 0.3) is 5.69 Å². The van der Waals surface area contributed by atoms with Gasteiger partial charge in [0.1, 0.15) is 0 Å². The minimum absolute atomic E-state index is 0.329. The van der Waals surface area contributed by atoms with Crippen LogP contribution in [0, 0.1) is 13.8 Å². The van der Waals surface area contributed by atoms with Crippen LogP contribution < -0.4 is 0 Å². The van der Waals surface area contributed by atoms with E-state index in [2.05, 4.69) is 9.56 Å². The lowest BCUT2D eigenvalue weighted by Crippen LogP contribution is -2.06. The molecule has 0 aliphatic carbocycles. The van der Waals surface area contributed by atoms with Crippen molar-refractivity contribution in [3.8, 4) is 5.69 Å². The first-order valence-corrected chi connectivity index (χ1v) is 9.62. The summed E-state index contributed by atoms with van der Waals surface area (Å²) in [5, 5.41) is 0.897. The Hall–Kier alpha value is -2.56. The highest BCUT2D eigenvalue weighted by Crippen LogP contribution is 2.32. The van der Waals surface area contributed by atoms with E-state index in [9.17, 15) is 4.79 Å². The second kappa shape index (κ2) is 8.63. The van der Waals surface area contributed by atoms with E-state index in [4.69, 9.17) is 27.9 Å². The maximum atomic E-state index is 12.0. The second-order valence-corrected chi connectivity index (χ2v) is 7.05. The molecule has 0 unspecified atom stereocenters. The lowest BCUT2D eigenvalue weighted by molar-refractivity contribution is 0.0526. The summed E-state index contributed by atoms with van der Waals surface area (Å²) in [4.78, 5) is 16.5. The van der Waals surface area contributed by atoms with Gasteiger partial charge in [-0.1, -0.05) is 35.3 Å². The van der Waals surface area contributed by atoms with E-state index >= 15 is 0 Å². The Labute approximate surface area is 174 Å². The van der Waals surface area contributed by atoms with E-state index in [0.29, 0.717) is 27.9 Å². The van der Waals surface area contributed by atoms with Crippen LogP contribution in [0.15, 0.2) is 53.5 Å². The summed E-state index contributed by atoms with van der Waals surface area (Å²) in [6.07, 6.45) is 1.77. The predicted molar refractivity (Wildman–Crippen MR) is 115 cm³/mol. The Bertz CT molecular complexity index is 1050. The van der Waals surface area contributed by atoms with Crippen LogP contribution in [-0.2, 0) is 4.74 Å². The number of hydrogen-bond donors (Lipinski definition) is 0. The average Bonchev–Trinajstić information content (AvgIpc) is 2.96. The van der Waals surface area contributed by atoms with Crippen molar-refractivity contribution < 1.29 is 9.53 Å². The molecule has 0 radical (unpaired) electrons. The van der Waals surface area contributed by atoms with Gasteiger partial charge in [0.05, 0.1) is 27.9 Å². The minimum Gasteiger partial charge on any atom is -0.462 e. The monoisotopic (exact) mass is 414 g/mol. The number of aromatic nitrogens is 1. The van der Waals surface area contributed by atoms with Crippen LogP contribution in [0.4, 0.5) is 5.69 Å². The Morgan fingerprint density at radius 1 is 1.14 bits per heavy atom. The first-order chi connectivity index (χ1) is 13.4. The van der Waals surface area contributed by atoms with Gasteiger partial charge in [-0.15, -0.1) is 0 Å². The van der Waals surface area contributed by atoms with Gasteiger partial charge in [-0.05, 0) is 57.2 Å². The molecule has 0 saturated carbocycles. The molecular formula is C22H20Cl2N2O2. The number of benzene rings is 2. The minimum atomic E-state index is -0.329. The largest absolute Gasteiger partial charge is 0.462 e. The van der Waals surface area contributed by atoms with Gasteiger partial charge in [-0.2, -0.15) is 0 Å². The maximum absolute atomic E-state index is 12.0. The standard InChI is InChI=1S/C22H20Cl2N2O2/c1-4-28-22(27)16-7-5-8-18(12-16)26-14(2)11-17(15(26)3)13-25-20-10-6-9-19(23)21(20)24/h5-13H,4H2,1-3H3. The molecule has 3 aromatic rings. The first-order valence-electron chi connectivity index (χ1n) is 8.87. The molecule has 0 bridgehead atoms. The van der Waals surface area contributed by atoms with Gasteiger partial charge < -0.3 is 9.30 Å². The molecule has 0 spiro atoms. The van der Waals surface area contributed by atoms with Crippen molar-refractivity contribution in [1.29, 1.82) is 0 Å². The Kier molecular flexibility index (Phi) is 6.22. The number of carbonyl (C=O) groups is 1. The lowest BCUT2D eigenvalue weighted by atomic mass is 10.2. The smallest absolute Gasteiger partial charge is 0.338 e. The van der Waals surface area contributed by atoms with Crippen molar-refractivity contribution in [3.05, 3.63) is 81.1 Å². The number of ether oxygens (including phenoxy) is 1. The zero-order valence-electron chi connectivity index (χ0n) is 15.9. The third-order valence-corrected chi connectivity index (χ3v) is 5.17. The Morgan fingerprint density at radius 3 is 2.64 bits per heavy atom. The van der Waals surface area contributed by atoms with Crippen LogP contribution in [0.5, 0.6) is 0 Å². The zero-order chi connectivity index (χ0) is 20.3. The van der Waals surface area contributed by atoms with Gasteiger partial charge in [0.2, 0.25) is 0 Å². The van der Waals surface area contributed by atoms with Gasteiger partial charge in [0.15, 0.2) is 0 Å². The molecule has 3 rings (SSSR count). The third-order valence-electron chi connectivity index (χ3n) is 4.36. The number of aliphatic imine (C=N–C) groups is 1. The van der Waals surface area contributed by atoms with Crippen LogP contribution >= 0.6 is 23.2 Å². The van der Waals surface area contributed by atoms with Crippen molar-refractivity contribution >= 4 is 41.1 Å². The normalized spacial score (nSPS) is 11.2. The molecule has 0 aliphatic rings. The van der Waals surface area contributed by atoms with Crippen LogP contribution in [0.2, 0.25) is 10.0 Å². The third kappa shape index (κ3) is 4.13. The van der Waals surface area contributed by atoms with Crippen LogP contribution in [0.1, 0.15) is 34.2 Å². The van der Waals surface area contributed by atoms with Crippen molar-refractivity contribution in [2.45, 2.75) is 20.8 Å². The van der Waals surface area contributed by atoms with E-state index in [-0.39, 0.29) is 5.97 Å². The summed E-state index contributed by atoms with van der Waals surface area (Å²) in [6, 6.07) is 14.8. The summed E-state index contributed by atoms with van der Waals surface area (Å²) in [5.74, 6) is -0.329. The molecule has 0 saturated heterocycles. The number of aryl methyl sites for hydroxylation is 1. The average molecular weight is 415 g/mol.